The summed E-state index contributed by atoms with van der Waals surface area (Å²) in [6, 6.07) is 16.2. The van der Waals surface area contributed by atoms with E-state index in [0.717, 1.165) is 18.0 Å². The quantitative estimate of drug-likeness (QED) is 0.768. The Kier molecular flexibility index (Phi) is 6.61. The van der Waals surface area contributed by atoms with Crippen molar-refractivity contribution in [1.82, 2.24) is 9.80 Å². The molecule has 7 nitrogen and oxygen atoms in total. The molecule has 29 heavy (non-hydrogen) atoms. The highest BCUT2D eigenvalue weighted by atomic mass is 16.2. The molecule has 2 N–H and O–H groups in total. The van der Waals surface area contributed by atoms with Crippen LogP contribution in [-0.2, 0) is 4.79 Å². The van der Waals surface area contributed by atoms with Crippen LogP contribution in [0.5, 0.6) is 0 Å². The van der Waals surface area contributed by atoms with Crippen molar-refractivity contribution in [3.63, 3.8) is 0 Å². The molecule has 7 heteroatoms. The number of hydrogen-bond donors (Lipinski definition) is 2. The number of carbonyl (C=O) groups excluding carboxylic acids is 3. The van der Waals surface area contributed by atoms with E-state index in [1.165, 1.54) is 4.90 Å². The van der Waals surface area contributed by atoms with Gasteiger partial charge in [-0.05, 0) is 36.4 Å². The molecule has 0 aromatic heterocycles. The normalized spacial score (nSPS) is 14.3. The van der Waals surface area contributed by atoms with Crippen LogP contribution in [0.1, 0.15) is 20.7 Å². The van der Waals surface area contributed by atoms with Gasteiger partial charge >= 0.3 is 0 Å². The van der Waals surface area contributed by atoms with E-state index >= 15 is 0 Å². The summed E-state index contributed by atoms with van der Waals surface area (Å²) in [5, 5.41) is 2.88. The molecule has 2 aromatic carbocycles. The third-order valence-corrected chi connectivity index (χ3v) is 5.01. The maximum absolute atomic E-state index is 12.5. The van der Waals surface area contributed by atoms with Gasteiger partial charge in [0.1, 0.15) is 0 Å². The molecular weight excluding hydrogens is 368 g/mol. The second-order valence-electron chi connectivity index (χ2n) is 7.41. The zero-order valence-corrected chi connectivity index (χ0v) is 16.9. The number of anilines is 1. The van der Waals surface area contributed by atoms with Crippen molar-refractivity contribution in [1.29, 1.82) is 0 Å². The van der Waals surface area contributed by atoms with E-state index in [2.05, 4.69) is 5.32 Å². The lowest BCUT2D eigenvalue weighted by atomic mass is 10.2. The molecule has 1 aliphatic rings. The van der Waals surface area contributed by atoms with Gasteiger partial charge in [-0.25, -0.2) is 0 Å². The average molecular weight is 395 g/mol. The molecule has 3 rings (SSSR count). The standard InChI is InChI=1S/C22H26N4O3/c1-24(2)21(28)18-8-10-19(11-9-18)23-20(27)16-25-12-14-26(15-13-25)22(29)17-6-4-3-5-7-17/h3-11H,12-16H2,1-2H3,(H,23,27)/p+1. The molecule has 1 saturated heterocycles. The van der Waals surface area contributed by atoms with Crippen LogP contribution in [0, 0.1) is 0 Å². The van der Waals surface area contributed by atoms with Gasteiger partial charge in [-0.15, -0.1) is 0 Å². The van der Waals surface area contributed by atoms with Gasteiger partial charge in [-0.3, -0.25) is 14.4 Å². The van der Waals surface area contributed by atoms with Gasteiger partial charge in [0, 0.05) is 30.9 Å². The van der Waals surface area contributed by atoms with E-state index in [0.29, 0.717) is 36.4 Å². The fraction of sp³-hybridized carbons (Fsp3) is 0.318. The third-order valence-electron chi connectivity index (χ3n) is 5.01. The van der Waals surface area contributed by atoms with E-state index < -0.39 is 0 Å². The Labute approximate surface area is 170 Å². The average Bonchev–Trinajstić information content (AvgIpc) is 2.74. The molecule has 0 radical (unpaired) electrons. The Bertz CT molecular complexity index is 857. The smallest absolute Gasteiger partial charge is 0.279 e. The third kappa shape index (κ3) is 5.42. The molecule has 1 fully saturated rings. The second-order valence-corrected chi connectivity index (χ2v) is 7.41. The number of hydrogen-bond acceptors (Lipinski definition) is 3. The topological polar surface area (TPSA) is 74.2 Å². The molecule has 0 spiro atoms. The minimum absolute atomic E-state index is 0.0430. The Morgan fingerprint density at radius 1 is 0.931 bits per heavy atom. The maximum Gasteiger partial charge on any atom is 0.279 e. The lowest BCUT2D eigenvalue weighted by Gasteiger charge is -2.32. The number of nitrogens with one attached hydrogen (secondary N) is 2. The molecule has 2 aromatic rings. The van der Waals surface area contributed by atoms with Crippen molar-refractivity contribution in [3.05, 3.63) is 65.7 Å². The maximum atomic E-state index is 12.5. The van der Waals surface area contributed by atoms with Crippen LogP contribution < -0.4 is 10.2 Å². The fourth-order valence-electron chi connectivity index (χ4n) is 3.35. The molecule has 1 aliphatic heterocycles. The van der Waals surface area contributed by atoms with Gasteiger partial charge in [0.05, 0.1) is 26.2 Å². The van der Waals surface area contributed by atoms with E-state index in [-0.39, 0.29) is 17.7 Å². The van der Waals surface area contributed by atoms with E-state index in [9.17, 15) is 14.4 Å². The van der Waals surface area contributed by atoms with Crippen molar-refractivity contribution in [3.8, 4) is 0 Å². The van der Waals surface area contributed by atoms with Crippen molar-refractivity contribution in [2.45, 2.75) is 0 Å². The van der Waals surface area contributed by atoms with Gasteiger partial charge in [-0.2, -0.15) is 0 Å². The molecule has 0 aliphatic carbocycles. The highest BCUT2D eigenvalue weighted by Gasteiger charge is 2.25. The number of piperazine rings is 1. The van der Waals surface area contributed by atoms with Crippen LogP contribution in [0.3, 0.4) is 0 Å². The summed E-state index contributed by atoms with van der Waals surface area (Å²) < 4.78 is 0. The predicted octanol–water partition coefficient (Wildman–Crippen LogP) is 0.368. The molecule has 0 saturated carbocycles. The summed E-state index contributed by atoms with van der Waals surface area (Å²) >= 11 is 0. The first kappa shape index (κ1) is 20.5. The molecule has 0 unspecified atom stereocenters. The van der Waals surface area contributed by atoms with Crippen LogP contribution in [0.15, 0.2) is 54.6 Å². The van der Waals surface area contributed by atoms with Gasteiger partial charge < -0.3 is 20.0 Å². The fourth-order valence-corrected chi connectivity index (χ4v) is 3.35. The minimum Gasteiger partial charge on any atom is -0.345 e. The highest BCUT2D eigenvalue weighted by molar-refractivity contribution is 5.96. The monoisotopic (exact) mass is 395 g/mol. The van der Waals surface area contributed by atoms with E-state index in [1.54, 1.807) is 38.4 Å². The molecule has 3 amide bonds. The number of amides is 3. The molecule has 152 valence electrons. The zero-order chi connectivity index (χ0) is 20.8. The van der Waals surface area contributed by atoms with Crippen LogP contribution in [0.25, 0.3) is 0 Å². The Morgan fingerprint density at radius 3 is 2.14 bits per heavy atom. The first-order valence-electron chi connectivity index (χ1n) is 9.73. The second kappa shape index (κ2) is 9.34. The van der Waals surface area contributed by atoms with Gasteiger partial charge in [0.2, 0.25) is 0 Å². The van der Waals surface area contributed by atoms with E-state index in [4.69, 9.17) is 0 Å². The van der Waals surface area contributed by atoms with Gasteiger partial charge in [0.25, 0.3) is 17.7 Å². The summed E-state index contributed by atoms with van der Waals surface area (Å²) in [7, 11) is 3.40. The highest BCUT2D eigenvalue weighted by Crippen LogP contribution is 2.10. The summed E-state index contributed by atoms with van der Waals surface area (Å²) in [6.07, 6.45) is 0. The lowest BCUT2D eigenvalue weighted by molar-refractivity contribution is -0.895. The Morgan fingerprint density at radius 2 is 1.55 bits per heavy atom. The summed E-state index contributed by atoms with van der Waals surface area (Å²) in [4.78, 5) is 41.3. The largest absolute Gasteiger partial charge is 0.345 e. The first-order chi connectivity index (χ1) is 13.9. The van der Waals surface area contributed by atoms with Crippen molar-refractivity contribution >= 4 is 23.4 Å². The van der Waals surface area contributed by atoms with Crippen LogP contribution in [0.4, 0.5) is 5.69 Å². The van der Waals surface area contributed by atoms with Crippen LogP contribution in [0.2, 0.25) is 0 Å². The van der Waals surface area contributed by atoms with Gasteiger partial charge in [-0.1, -0.05) is 18.2 Å². The Balaban J connectivity index is 1.46. The van der Waals surface area contributed by atoms with Crippen molar-refractivity contribution < 1.29 is 19.3 Å². The minimum atomic E-state index is -0.0745. The molecule has 1 heterocycles. The lowest BCUT2D eigenvalue weighted by Crippen LogP contribution is -3.15. The predicted molar refractivity (Wildman–Crippen MR) is 111 cm³/mol. The van der Waals surface area contributed by atoms with Gasteiger partial charge in [0.15, 0.2) is 6.54 Å². The molecular formula is C22H27N4O3+. The first-order valence-corrected chi connectivity index (χ1v) is 9.73. The summed E-state index contributed by atoms with van der Waals surface area (Å²) in [5.74, 6) is -0.105. The Hall–Kier alpha value is -3.19. The zero-order valence-electron chi connectivity index (χ0n) is 16.9. The van der Waals surface area contributed by atoms with Crippen LogP contribution >= 0.6 is 0 Å². The summed E-state index contributed by atoms with van der Waals surface area (Å²) in [6.45, 7) is 3.10. The number of nitrogens with zero attached hydrogens (tertiary/aromatic N) is 2. The molecule has 0 bridgehead atoms. The number of benzene rings is 2. The number of carbonyl (C=O) groups is 3. The number of quaternary nitrogens is 1. The van der Waals surface area contributed by atoms with Crippen LogP contribution in [-0.4, -0.2) is 74.3 Å². The number of rotatable bonds is 5. The molecule has 0 atom stereocenters. The SMILES string of the molecule is CN(C)C(=O)c1ccc(NC(=O)C[NH+]2CCN(C(=O)c3ccccc3)CC2)cc1. The van der Waals surface area contributed by atoms with Crippen molar-refractivity contribution in [2.24, 2.45) is 0 Å². The summed E-state index contributed by atoms with van der Waals surface area (Å²) in [5.41, 5.74) is 1.95. The van der Waals surface area contributed by atoms with Crippen molar-refractivity contribution in [2.75, 3.05) is 52.1 Å². The van der Waals surface area contributed by atoms with E-state index in [1.807, 2.05) is 35.2 Å².